The van der Waals surface area contributed by atoms with Crippen LogP contribution in [0.15, 0.2) is 0 Å². The van der Waals surface area contributed by atoms with Crippen molar-refractivity contribution < 1.29 is 9.47 Å². The molecule has 0 aliphatic heterocycles. The smallest absolute Gasteiger partial charge is 0.0700 e. The maximum Gasteiger partial charge on any atom is 0.0700 e. The predicted octanol–water partition coefficient (Wildman–Crippen LogP) is 3.11. The Morgan fingerprint density at radius 2 is 1.43 bits per heavy atom. The SMILES string of the molecule is CC(C)CCCOCCOCC(C)C. The van der Waals surface area contributed by atoms with E-state index in [1.807, 2.05) is 0 Å². The van der Waals surface area contributed by atoms with Crippen LogP contribution in [-0.4, -0.2) is 26.4 Å². The minimum absolute atomic E-state index is 0.621. The summed E-state index contributed by atoms with van der Waals surface area (Å²) in [6.45, 7) is 12.0. The Labute approximate surface area is 89.0 Å². The summed E-state index contributed by atoms with van der Waals surface area (Å²) in [5.41, 5.74) is 0. The maximum absolute atomic E-state index is 5.44. The van der Waals surface area contributed by atoms with Crippen LogP contribution in [0.2, 0.25) is 0 Å². The molecule has 0 aromatic heterocycles. The van der Waals surface area contributed by atoms with Crippen molar-refractivity contribution in [3.05, 3.63) is 0 Å². The van der Waals surface area contributed by atoms with Crippen LogP contribution in [0.4, 0.5) is 0 Å². The van der Waals surface area contributed by atoms with Gasteiger partial charge in [-0.25, -0.2) is 0 Å². The molecule has 0 saturated heterocycles. The van der Waals surface area contributed by atoms with Crippen LogP contribution in [0, 0.1) is 11.8 Å². The van der Waals surface area contributed by atoms with Crippen LogP contribution in [-0.2, 0) is 9.47 Å². The summed E-state index contributed by atoms with van der Waals surface area (Å²) in [5.74, 6) is 1.41. The average Bonchev–Trinajstić information content (AvgIpc) is 2.08. The molecule has 0 radical (unpaired) electrons. The summed E-state index contributed by atoms with van der Waals surface area (Å²) in [7, 11) is 0. The second kappa shape index (κ2) is 9.47. The molecular formula is C12H26O2. The monoisotopic (exact) mass is 202 g/mol. The van der Waals surface area contributed by atoms with Gasteiger partial charge in [-0.05, 0) is 24.7 Å². The Kier molecular flexibility index (Phi) is 9.42. The lowest BCUT2D eigenvalue weighted by Crippen LogP contribution is -2.09. The van der Waals surface area contributed by atoms with Gasteiger partial charge in [-0.2, -0.15) is 0 Å². The van der Waals surface area contributed by atoms with Crippen LogP contribution in [0.5, 0.6) is 0 Å². The highest BCUT2D eigenvalue weighted by atomic mass is 16.5. The number of hydrogen-bond acceptors (Lipinski definition) is 2. The molecule has 0 aliphatic rings. The fourth-order valence-corrected chi connectivity index (χ4v) is 1.13. The topological polar surface area (TPSA) is 18.5 Å². The molecule has 0 amide bonds. The summed E-state index contributed by atoms with van der Waals surface area (Å²) < 4.78 is 10.8. The summed E-state index contributed by atoms with van der Waals surface area (Å²) in [4.78, 5) is 0. The van der Waals surface area contributed by atoms with Gasteiger partial charge in [-0.15, -0.1) is 0 Å². The first kappa shape index (κ1) is 13.9. The van der Waals surface area contributed by atoms with Crippen molar-refractivity contribution >= 4 is 0 Å². The zero-order valence-electron chi connectivity index (χ0n) is 10.2. The van der Waals surface area contributed by atoms with E-state index in [1.54, 1.807) is 0 Å². The fraction of sp³-hybridized carbons (Fsp3) is 1.00. The normalized spacial score (nSPS) is 11.6. The molecule has 2 nitrogen and oxygen atoms in total. The molecule has 0 atom stereocenters. The molecule has 0 bridgehead atoms. The molecule has 0 heterocycles. The largest absolute Gasteiger partial charge is 0.379 e. The lowest BCUT2D eigenvalue weighted by atomic mass is 10.1. The van der Waals surface area contributed by atoms with Gasteiger partial charge in [-0.3, -0.25) is 0 Å². The lowest BCUT2D eigenvalue weighted by Gasteiger charge is -2.08. The molecule has 0 N–H and O–H groups in total. The Hall–Kier alpha value is -0.0800. The highest BCUT2D eigenvalue weighted by Gasteiger charge is 1.95. The van der Waals surface area contributed by atoms with Gasteiger partial charge >= 0.3 is 0 Å². The Balaban J connectivity index is 2.92. The third kappa shape index (κ3) is 11.9. The van der Waals surface area contributed by atoms with E-state index in [0.717, 1.165) is 32.3 Å². The van der Waals surface area contributed by atoms with Gasteiger partial charge in [0.2, 0.25) is 0 Å². The molecule has 14 heavy (non-hydrogen) atoms. The van der Waals surface area contributed by atoms with E-state index in [-0.39, 0.29) is 0 Å². The van der Waals surface area contributed by atoms with Crippen LogP contribution < -0.4 is 0 Å². The lowest BCUT2D eigenvalue weighted by molar-refractivity contribution is 0.0360. The highest BCUT2D eigenvalue weighted by molar-refractivity contribution is 4.45. The van der Waals surface area contributed by atoms with Crippen LogP contribution >= 0.6 is 0 Å². The maximum atomic E-state index is 5.44. The van der Waals surface area contributed by atoms with Crippen molar-refractivity contribution in [3.8, 4) is 0 Å². The first-order valence-corrected chi connectivity index (χ1v) is 5.78. The molecule has 0 aliphatic carbocycles. The Morgan fingerprint density at radius 1 is 0.786 bits per heavy atom. The molecular weight excluding hydrogens is 176 g/mol. The van der Waals surface area contributed by atoms with Crippen molar-refractivity contribution in [2.24, 2.45) is 11.8 Å². The van der Waals surface area contributed by atoms with Crippen LogP contribution in [0.1, 0.15) is 40.5 Å². The number of hydrogen-bond donors (Lipinski definition) is 0. The fourth-order valence-electron chi connectivity index (χ4n) is 1.13. The molecule has 0 fully saturated rings. The van der Waals surface area contributed by atoms with Gasteiger partial charge in [0.15, 0.2) is 0 Å². The Morgan fingerprint density at radius 3 is 2.00 bits per heavy atom. The molecule has 86 valence electrons. The van der Waals surface area contributed by atoms with Crippen molar-refractivity contribution in [2.45, 2.75) is 40.5 Å². The minimum Gasteiger partial charge on any atom is -0.379 e. The van der Waals surface area contributed by atoms with E-state index in [9.17, 15) is 0 Å². The van der Waals surface area contributed by atoms with Gasteiger partial charge < -0.3 is 9.47 Å². The van der Waals surface area contributed by atoms with Gasteiger partial charge in [0.1, 0.15) is 0 Å². The number of rotatable bonds is 9. The Bertz CT molecular complexity index is 96.9. The average molecular weight is 202 g/mol. The first-order chi connectivity index (χ1) is 6.63. The van der Waals surface area contributed by atoms with Gasteiger partial charge in [0, 0.05) is 13.2 Å². The van der Waals surface area contributed by atoms with Crippen molar-refractivity contribution in [1.29, 1.82) is 0 Å². The molecule has 0 aromatic rings. The van der Waals surface area contributed by atoms with Gasteiger partial charge in [-0.1, -0.05) is 27.7 Å². The van der Waals surface area contributed by atoms with Crippen molar-refractivity contribution in [3.63, 3.8) is 0 Å². The van der Waals surface area contributed by atoms with Gasteiger partial charge in [0.05, 0.1) is 13.2 Å². The van der Waals surface area contributed by atoms with Crippen LogP contribution in [0.25, 0.3) is 0 Å². The minimum atomic E-state index is 0.621. The molecule has 0 saturated carbocycles. The van der Waals surface area contributed by atoms with Crippen molar-refractivity contribution in [1.82, 2.24) is 0 Å². The zero-order chi connectivity index (χ0) is 10.8. The van der Waals surface area contributed by atoms with E-state index in [0.29, 0.717) is 5.92 Å². The molecule has 0 unspecified atom stereocenters. The van der Waals surface area contributed by atoms with Crippen molar-refractivity contribution in [2.75, 3.05) is 26.4 Å². The van der Waals surface area contributed by atoms with E-state index >= 15 is 0 Å². The quantitative estimate of drug-likeness (QED) is 0.535. The second-order valence-electron chi connectivity index (χ2n) is 4.62. The predicted molar refractivity (Wildman–Crippen MR) is 60.5 cm³/mol. The molecule has 2 heteroatoms. The third-order valence-electron chi connectivity index (χ3n) is 1.89. The van der Waals surface area contributed by atoms with Gasteiger partial charge in [0.25, 0.3) is 0 Å². The van der Waals surface area contributed by atoms with Crippen LogP contribution in [0.3, 0.4) is 0 Å². The molecule has 0 spiro atoms. The number of ether oxygens (including phenoxy) is 2. The first-order valence-electron chi connectivity index (χ1n) is 5.78. The molecule has 0 rings (SSSR count). The second-order valence-corrected chi connectivity index (χ2v) is 4.62. The summed E-state index contributed by atoms with van der Waals surface area (Å²) >= 11 is 0. The molecule has 0 aromatic carbocycles. The standard InChI is InChI=1S/C12H26O2/c1-11(2)6-5-7-13-8-9-14-10-12(3)4/h11-12H,5-10H2,1-4H3. The summed E-state index contributed by atoms with van der Waals surface area (Å²) in [5, 5.41) is 0. The van der Waals surface area contributed by atoms with E-state index in [2.05, 4.69) is 27.7 Å². The summed E-state index contributed by atoms with van der Waals surface area (Å²) in [6, 6.07) is 0. The summed E-state index contributed by atoms with van der Waals surface area (Å²) in [6.07, 6.45) is 2.43. The van der Waals surface area contributed by atoms with E-state index in [4.69, 9.17) is 9.47 Å². The van der Waals surface area contributed by atoms with E-state index in [1.165, 1.54) is 12.8 Å². The van der Waals surface area contributed by atoms with E-state index < -0.39 is 0 Å². The zero-order valence-corrected chi connectivity index (χ0v) is 10.2. The highest BCUT2D eigenvalue weighted by Crippen LogP contribution is 2.02. The third-order valence-corrected chi connectivity index (χ3v) is 1.89.